The topological polar surface area (TPSA) is 79.6 Å². The van der Waals surface area contributed by atoms with Crippen LogP contribution in [0.2, 0.25) is 0 Å². The van der Waals surface area contributed by atoms with Gasteiger partial charge in [-0.25, -0.2) is 4.98 Å². The number of benzene rings is 2. The first-order valence-electron chi connectivity index (χ1n) is 11.7. The van der Waals surface area contributed by atoms with Crippen molar-refractivity contribution in [1.82, 2.24) is 14.9 Å². The van der Waals surface area contributed by atoms with Crippen LogP contribution in [0.25, 0.3) is 11.0 Å². The molecule has 0 amide bonds. The van der Waals surface area contributed by atoms with Gasteiger partial charge < -0.3 is 9.88 Å². The SMILES string of the molecule is Cc1ccc(C2C(=S)N(C3CCCCC3)C(=N)C2(C#N)c2nc3cc(C)c(C)cc3[nH]2)cc1. The van der Waals surface area contributed by atoms with Gasteiger partial charge in [-0.05, 0) is 62.4 Å². The second kappa shape index (κ2) is 8.07. The van der Waals surface area contributed by atoms with Gasteiger partial charge in [0.25, 0.3) is 0 Å². The molecule has 5 nitrogen and oxygen atoms in total. The number of aromatic nitrogens is 2. The molecular weight excluding hydrogens is 426 g/mol. The summed E-state index contributed by atoms with van der Waals surface area (Å²) in [5.74, 6) is 0.344. The lowest BCUT2D eigenvalue weighted by Crippen LogP contribution is -2.44. The Hall–Kier alpha value is -3.04. The van der Waals surface area contributed by atoms with Crippen LogP contribution >= 0.6 is 12.2 Å². The highest BCUT2D eigenvalue weighted by Gasteiger charge is 2.60. The van der Waals surface area contributed by atoms with E-state index < -0.39 is 11.3 Å². The summed E-state index contributed by atoms with van der Waals surface area (Å²) >= 11 is 6.06. The van der Waals surface area contributed by atoms with E-state index in [0.29, 0.717) is 10.8 Å². The highest BCUT2D eigenvalue weighted by molar-refractivity contribution is 7.80. The van der Waals surface area contributed by atoms with Crippen molar-refractivity contribution in [3.63, 3.8) is 0 Å². The molecule has 3 aromatic rings. The van der Waals surface area contributed by atoms with Crippen molar-refractivity contribution in [2.45, 2.75) is 70.3 Å². The van der Waals surface area contributed by atoms with Crippen LogP contribution in [0.4, 0.5) is 0 Å². The van der Waals surface area contributed by atoms with Crippen molar-refractivity contribution in [2.75, 3.05) is 0 Å². The smallest absolute Gasteiger partial charge is 0.185 e. The summed E-state index contributed by atoms with van der Waals surface area (Å²) in [5.41, 5.74) is 4.86. The molecule has 2 fully saturated rings. The Balaban J connectivity index is 1.72. The largest absolute Gasteiger partial charge is 0.340 e. The first-order chi connectivity index (χ1) is 15.9. The van der Waals surface area contributed by atoms with E-state index in [1.165, 1.54) is 12.0 Å². The summed E-state index contributed by atoms with van der Waals surface area (Å²) < 4.78 is 0. The van der Waals surface area contributed by atoms with Crippen molar-refractivity contribution in [2.24, 2.45) is 0 Å². The Kier molecular flexibility index (Phi) is 5.33. The van der Waals surface area contributed by atoms with E-state index in [2.05, 4.69) is 50.0 Å². The predicted octanol–water partition coefficient (Wildman–Crippen LogP) is 5.99. The minimum Gasteiger partial charge on any atom is -0.340 e. The lowest BCUT2D eigenvalue weighted by molar-refractivity contribution is 0.322. The molecule has 5 rings (SSSR count). The van der Waals surface area contributed by atoms with E-state index in [9.17, 15) is 10.7 Å². The van der Waals surface area contributed by atoms with E-state index in [1.54, 1.807) is 0 Å². The third-order valence-electron chi connectivity index (χ3n) is 7.53. The van der Waals surface area contributed by atoms with Gasteiger partial charge in [0.1, 0.15) is 11.7 Å². The van der Waals surface area contributed by atoms with Gasteiger partial charge in [0.05, 0.1) is 28.0 Å². The number of nitriles is 1. The van der Waals surface area contributed by atoms with Gasteiger partial charge in [0.15, 0.2) is 5.41 Å². The van der Waals surface area contributed by atoms with Crippen LogP contribution in [-0.4, -0.2) is 31.7 Å². The number of rotatable bonds is 3. The standard InChI is InChI=1S/C27H29N5S/c1-16-9-11-19(12-10-16)23-24(33)32(20-7-5-4-6-8-20)25(29)27(23,15-28)26-30-21-13-17(2)18(3)14-22(21)31-26/h9-14,20,23,29H,4-8H2,1-3H3,(H,30,31). The minimum absolute atomic E-state index is 0.177. The quantitative estimate of drug-likeness (QED) is 0.476. The fourth-order valence-electron chi connectivity index (χ4n) is 5.49. The van der Waals surface area contributed by atoms with Gasteiger partial charge in [0.2, 0.25) is 0 Å². The van der Waals surface area contributed by atoms with Gasteiger partial charge >= 0.3 is 0 Å². The Morgan fingerprint density at radius 1 is 1.09 bits per heavy atom. The van der Waals surface area contributed by atoms with Crippen molar-refractivity contribution in [3.05, 3.63) is 64.5 Å². The monoisotopic (exact) mass is 455 g/mol. The lowest BCUT2D eigenvalue weighted by atomic mass is 9.74. The number of amidine groups is 1. The molecule has 33 heavy (non-hydrogen) atoms. The number of aryl methyl sites for hydroxylation is 3. The number of H-pyrrole nitrogens is 1. The maximum absolute atomic E-state index is 10.8. The zero-order chi connectivity index (χ0) is 23.3. The molecule has 2 heterocycles. The Labute approximate surface area is 200 Å². The van der Waals surface area contributed by atoms with Crippen LogP contribution in [0.15, 0.2) is 36.4 Å². The van der Waals surface area contributed by atoms with Crippen molar-refractivity contribution in [3.8, 4) is 6.07 Å². The van der Waals surface area contributed by atoms with E-state index >= 15 is 0 Å². The number of hydrogen-bond acceptors (Lipinski definition) is 4. The molecule has 2 aliphatic rings. The molecule has 168 valence electrons. The number of thiocarbonyl (C=S) groups is 1. The molecule has 6 heteroatoms. The molecule has 1 aliphatic heterocycles. The number of nitrogens with zero attached hydrogens (tertiary/aromatic N) is 3. The zero-order valence-corrected chi connectivity index (χ0v) is 20.2. The summed E-state index contributed by atoms with van der Waals surface area (Å²) in [6, 6.07) is 15.1. The summed E-state index contributed by atoms with van der Waals surface area (Å²) in [5, 5.41) is 20.1. The average molecular weight is 456 g/mol. The molecule has 0 bridgehead atoms. The minimum atomic E-state index is -1.29. The van der Waals surface area contributed by atoms with Crippen LogP contribution in [0.1, 0.15) is 66.1 Å². The van der Waals surface area contributed by atoms with Crippen molar-refractivity contribution in [1.29, 1.82) is 10.7 Å². The summed E-state index contributed by atoms with van der Waals surface area (Å²) in [4.78, 5) is 11.0. The van der Waals surface area contributed by atoms with E-state index in [-0.39, 0.29) is 11.9 Å². The Morgan fingerprint density at radius 2 is 1.76 bits per heavy atom. The molecule has 2 atom stereocenters. The van der Waals surface area contributed by atoms with Crippen LogP contribution in [-0.2, 0) is 5.41 Å². The summed E-state index contributed by atoms with van der Waals surface area (Å²) in [7, 11) is 0. The molecule has 1 aromatic heterocycles. The molecule has 2 aromatic carbocycles. The second-order valence-corrected chi connectivity index (χ2v) is 10.1. The highest BCUT2D eigenvalue weighted by Crippen LogP contribution is 2.49. The Bertz CT molecular complexity index is 1250. The third kappa shape index (κ3) is 3.29. The first kappa shape index (κ1) is 21.8. The first-order valence-corrected chi connectivity index (χ1v) is 12.1. The number of likely N-dealkylation sites (tertiary alicyclic amines) is 1. The summed E-state index contributed by atoms with van der Waals surface area (Å²) in [6.45, 7) is 6.19. The van der Waals surface area contributed by atoms with Gasteiger partial charge in [-0.2, -0.15) is 5.26 Å². The maximum atomic E-state index is 10.8. The second-order valence-electron chi connectivity index (χ2n) is 9.65. The summed E-state index contributed by atoms with van der Waals surface area (Å²) in [6.07, 6.45) is 5.49. The fourth-order valence-corrected chi connectivity index (χ4v) is 6.04. The van der Waals surface area contributed by atoms with Crippen molar-refractivity contribution >= 4 is 34.1 Å². The number of aromatic amines is 1. The van der Waals surface area contributed by atoms with Crippen LogP contribution < -0.4 is 0 Å². The molecule has 0 radical (unpaired) electrons. The predicted molar refractivity (Wildman–Crippen MR) is 136 cm³/mol. The van der Waals surface area contributed by atoms with E-state index in [0.717, 1.165) is 53.4 Å². The normalized spacial score (nSPS) is 23.9. The van der Waals surface area contributed by atoms with E-state index in [1.807, 2.05) is 23.1 Å². The van der Waals surface area contributed by atoms with Gasteiger partial charge in [0, 0.05) is 6.04 Å². The number of hydrogen-bond donors (Lipinski definition) is 2. The third-order valence-corrected chi connectivity index (χ3v) is 7.96. The van der Waals surface area contributed by atoms with Gasteiger partial charge in [-0.1, -0.05) is 61.3 Å². The zero-order valence-electron chi connectivity index (χ0n) is 19.4. The number of imidazole rings is 1. The molecule has 2 N–H and O–H groups in total. The van der Waals surface area contributed by atoms with Crippen LogP contribution in [0.3, 0.4) is 0 Å². The van der Waals surface area contributed by atoms with Crippen LogP contribution in [0.5, 0.6) is 0 Å². The van der Waals surface area contributed by atoms with Gasteiger partial charge in [-0.15, -0.1) is 0 Å². The number of fused-ring (bicyclic) bond motifs is 1. The highest BCUT2D eigenvalue weighted by atomic mass is 32.1. The molecule has 2 unspecified atom stereocenters. The van der Waals surface area contributed by atoms with Gasteiger partial charge in [-0.3, -0.25) is 5.41 Å². The molecule has 1 aliphatic carbocycles. The molecule has 1 saturated heterocycles. The molecular formula is C27H29N5S. The van der Waals surface area contributed by atoms with Crippen LogP contribution in [0, 0.1) is 37.5 Å². The maximum Gasteiger partial charge on any atom is 0.185 e. The average Bonchev–Trinajstić information content (AvgIpc) is 3.31. The fraction of sp³-hybridized carbons (Fsp3) is 0.407. The lowest BCUT2D eigenvalue weighted by Gasteiger charge is -2.33. The Morgan fingerprint density at radius 3 is 2.42 bits per heavy atom. The molecule has 0 spiro atoms. The van der Waals surface area contributed by atoms with E-state index in [4.69, 9.17) is 17.2 Å². The van der Waals surface area contributed by atoms with Crippen molar-refractivity contribution < 1.29 is 0 Å². The number of nitrogens with one attached hydrogen (secondary N) is 2. The molecule has 1 saturated carbocycles.